The summed E-state index contributed by atoms with van der Waals surface area (Å²) in [5.41, 5.74) is 3.14. The first-order valence-corrected chi connectivity index (χ1v) is 10.1. The van der Waals surface area contributed by atoms with E-state index < -0.39 is 0 Å². The number of anilines is 1. The van der Waals surface area contributed by atoms with Gasteiger partial charge in [0.05, 0.1) is 24.7 Å². The van der Waals surface area contributed by atoms with Crippen LogP contribution >= 0.6 is 0 Å². The first kappa shape index (κ1) is 18.7. The third-order valence-electron chi connectivity index (χ3n) is 5.37. The van der Waals surface area contributed by atoms with Gasteiger partial charge in [-0.05, 0) is 62.6 Å². The highest BCUT2D eigenvalue weighted by molar-refractivity contribution is 6.54. The molecule has 2 aromatic carbocycles. The van der Waals surface area contributed by atoms with E-state index in [1.54, 1.807) is 0 Å². The van der Waals surface area contributed by atoms with Crippen molar-refractivity contribution in [1.82, 2.24) is 4.90 Å². The molecule has 5 heteroatoms. The summed E-state index contributed by atoms with van der Waals surface area (Å²) in [6, 6.07) is 15.5. The van der Waals surface area contributed by atoms with Crippen molar-refractivity contribution >= 4 is 23.0 Å². The van der Waals surface area contributed by atoms with Gasteiger partial charge in [-0.2, -0.15) is 0 Å². The van der Waals surface area contributed by atoms with E-state index >= 15 is 0 Å². The molecule has 0 unspecified atom stereocenters. The molecule has 2 aromatic rings. The Balaban J connectivity index is 1.61. The number of aliphatic imine (C=N–C) groups is 1. The summed E-state index contributed by atoms with van der Waals surface area (Å²) in [4.78, 5) is 22.2. The highest BCUT2D eigenvalue weighted by atomic mass is 16.5. The van der Waals surface area contributed by atoms with Crippen molar-refractivity contribution in [1.29, 1.82) is 0 Å². The van der Waals surface area contributed by atoms with Crippen molar-refractivity contribution in [3.05, 3.63) is 54.1 Å². The molecule has 2 aliphatic rings. The Morgan fingerprint density at radius 1 is 1.14 bits per heavy atom. The number of fused-ring (bicyclic) bond motifs is 1. The molecule has 2 heterocycles. The van der Waals surface area contributed by atoms with E-state index in [-0.39, 0.29) is 5.91 Å². The van der Waals surface area contributed by atoms with Gasteiger partial charge in [-0.3, -0.25) is 14.6 Å². The normalized spacial score (nSPS) is 21.2. The maximum Gasteiger partial charge on any atom is 0.278 e. The Labute approximate surface area is 166 Å². The zero-order chi connectivity index (χ0) is 19.5. The number of amides is 1. The SMILES string of the molecule is CCOc1ccc(N=C2C(=O)N(CN3CCC[C@@H](C)C3)c3ccccc32)cc1. The number of hydrogen-bond donors (Lipinski definition) is 0. The van der Waals surface area contributed by atoms with Crippen molar-refractivity contribution < 1.29 is 9.53 Å². The molecule has 146 valence electrons. The summed E-state index contributed by atoms with van der Waals surface area (Å²) in [5.74, 6) is 1.47. The zero-order valence-corrected chi connectivity index (χ0v) is 16.6. The van der Waals surface area contributed by atoms with E-state index in [2.05, 4.69) is 11.8 Å². The summed E-state index contributed by atoms with van der Waals surface area (Å²) < 4.78 is 5.49. The molecule has 0 bridgehead atoms. The van der Waals surface area contributed by atoms with Crippen LogP contribution in [0, 0.1) is 5.92 Å². The van der Waals surface area contributed by atoms with Crippen molar-refractivity contribution in [2.45, 2.75) is 26.7 Å². The molecule has 1 atom stereocenters. The van der Waals surface area contributed by atoms with Crippen LogP contribution in [0.25, 0.3) is 0 Å². The lowest BCUT2D eigenvalue weighted by atomic mass is 10.0. The van der Waals surface area contributed by atoms with Gasteiger partial charge in [-0.25, -0.2) is 4.99 Å². The van der Waals surface area contributed by atoms with E-state index in [4.69, 9.17) is 9.73 Å². The molecule has 28 heavy (non-hydrogen) atoms. The lowest BCUT2D eigenvalue weighted by Gasteiger charge is -2.33. The van der Waals surface area contributed by atoms with Gasteiger partial charge < -0.3 is 4.74 Å². The minimum absolute atomic E-state index is 0.0201. The number of hydrogen-bond acceptors (Lipinski definition) is 4. The number of ether oxygens (including phenoxy) is 1. The average molecular weight is 377 g/mol. The maximum absolute atomic E-state index is 13.2. The first-order chi connectivity index (χ1) is 13.7. The van der Waals surface area contributed by atoms with Crippen LogP contribution in [-0.4, -0.2) is 42.9 Å². The number of carbonyl (C=O) groups is 1. The standard InChI is InChI=1S/C23H27N3O2/c1-3-28-19-12-10-18(11-13-19)24-22-20-8-4-5-9-21(20)26(23(22)27)16-25-14-6-7-17(2)15-25/h4-5,8-13,17H,3,6-7,14-16H2,1-2H3/t17-/m1/s1. The molecule has 5 nitrogen and oxygen atoms in total. The minimum atomic E-state index is -0.0201. The fourth-order valence-corrected chi connectivity index (χ4v) is 4.04. The van der Waals surface area contributed by atoms with Gasteiger partial charge in [-0.1, -0.05) is 25.1 Å². The summed E-state index contributed by atoms with van der Waals surface area (Å²) in [5, 5.41) is 0. The molecule has 1 saturated heterocycles. The zero-order valence-electron chi connectivity index (χ0n) is 16.6. The summed E-state index contributed by atoms with van der Waals surface area (Å²) in [6.07, 6.45) is 2.46. The Kier molecular flexibility index (Phi) is 5.44. The third-order valence-corrected chi connectivity index (χ3v) is 5.37. The van der Waals surface area contributed by atoms with Crippen LogP contribution in [0.3, 0.4) is 0 Å². The second-order valence-electron chi connectivity index (χ2n) is 7.60. The van der Waals surface area contributed by atoms with Crippen molar-refractivity contribution in [3.8, 4) is 5.75 Å². The number of nitrogens with zero attached hydrogens (tertiary/aromatic N) is 3. The van der Waals surface area contributed by atoms with Crippen LogP contribution in [0.2, 0.25) is 0 Å². The van der Waals surface area contributed by atoms with Crippen LogP contribution in [0.15, 0.2) is 53.5 Å². The first-order valence-electron chi connectivity index (χ1n) is 10.1. The number of para-hydroxylation sites is 1. The molecule has 0 aromatic heterocycles. The van der Waals surface area contributed by atoms with E-state index in [0.29, 0.717) is 24.9 Å². The number of rotatable bonds is 5. The number of likely N-dealkylation sites (tertiary alicyclic amines) is 1. The highest BCUT2D eigenvalue weighted by Gasteiger charge is 2.35. The monoisotopic (exact) mass is 377 g/mol. The summed E-state index contributed by atoms with van der Waals surface area (Å²) in [7, 11) is 0. The second-order valence-corrected chi connectivity index (χ2v) is 7.60. The topological polar surface area (TPSA) is 45.1 Å². The quantitative estimate of drug-likeness (QED) is 0.783. The Bertz CT molecular complexity index is 876. The molecule has 0 radical (unpaired) electrons. The van der Waals surface area contributed by atoms with Crippen molar-refractivity contribution in [2.24, 2.45) is 10.9 Å². The molecule has 0 N–H and O–H groups in total. The van der Waals surface area contributed by atoms with Gasteiger partial charge in [-0.15, -0.1) is 0 Å². The summed E-state index contributed by atoms with van der Waals surface area (Å²) >= 11 is 0. The van der Waals surface area contributed by atoms with Gasteiger partial charge in [0, 0.05) is 12.1 Å². The smallest absolute Gasteiger partial charge is 0.278 e. The van der Waals surface area contributed by atoms with Gasteiger partial charge in [0.1, 0.15) is 11.5 Å². The summed E-state index contributed by atoms with van der Waals surface area (Å²) in [6.45, 7) is 7.58. The second kappa shape index (κ2) is 8.15. The third kappa shape index (κ3) is 3.80. The van der Waals surface area contributed by atoms with Crippen molar-refractivity contribution in [3.63, 3.8) is 0 Å². The van der Waals surface area contributed by atoms with Gasteiger partial charge in [0.25, 0.3) is 5.91 Å². The predicted octanol–water partition coefficient (Wildman–Crippen LogP) is 4.24. The predicted molar refractivity (Wildman–Crippen MR) is 113 cm³/mol. The number of carbonyl (C=O) groups excluding carboxylic acids is 1. The fraction of sp³-hybridized carbons (Fsp3) is 0.391. The van der Waals surface area contributed by atoms with Crippen LogP contribution < -0.4 is 9.64 Å². The Morgan fingerprint density at radius 3 is 2.68 bits per heavy atom. The molecule has 0 saturated carbocycles. The molecular weight excluding hydrogens is 350 g/mol. The maximum atomic E-state index is 13.2. The van der Waals surface area contributed by atoms with E-state index in [1.165, 1.54) is 12.8 Å². The molecule has 0 aliphatic carbocycles. The van der Waals surface area contributed by atoms with Crippen LogP contribution in [0.1, 0.15) is 32.3 Å². The Hall–Kier alpha value is -2.66. The van der Waals surface area contributed by atoms with Crippen LogP contribution in [-0.2, 0) is 4.79 Å². The fourth-order valence-electron chi connectivity index (χ4n) is 4.04. The minimum Gasteiger partial charge on any atom is -0.494 e. The van der Waals surface area contributed by atoms with Gasteiger partial charge in [0.2, 0.25) is 0 Å². The number of benzene rings is 2. The van der Waals surface area contributed by atoms with E-state index in [9.17, 15) is 4.79 Å². The van der Waals surface area contributed by atoms with Crippen LogP contribution in [0.4, 0.5) is 11.4 Å². The molecular formula is C23H27N3O2. The Morgan fingerprint density at radius 2 is 1.93 bits per heavy atom. The average Bonchev–Trinajstić information content (AvgIpc) is 2.96. The van der Waals surface area contributed by atoms with Gasteiger partial charge in [0.15, 0.2) is 0 Å². The lowest BCUT2D eigenvalue weighted by molar-refractivity contribution is -0.112. The highest BCUT2D eigenvalue weighted by Crippen LogP contribution is 2.32. The molecule has 1 amide bonds. The largest absolute Gasteiger partial charge is 0.494 e. The van der Waals surface area contributed by atoms with Gasteiger partial charge >= 0.3 is 0 Å². The van der Waals surface area contributed by atoms with Crippen LogP contribution in [0.5, 0.6) is 5.75 Å². The molecule has 4 rings (SSSR count). The number of piperidine rings is 1. The van der Waals surface area contributed by atoms with Crippen molar-refractivity contribution in [2.75, 3.05) is 31.3 Å². The molecule has 2 aliphatic heterocycles. The van der Waals surface area contributed by atoms with E-state index in [0.717, 1.165) is 35.8 Å². The molecule has 1 fully saturated rings. The van der Waals surface area contributed by atoms with E-state index in [1.807, 2.05) is 60.4 Å². The lowest BCUT2D eigenvalue weighted by Crippen LogP contribution is -2.45. The molecule has 0 spiro atoms.